The minimum atomic E-state index is -4.51. The van der Waals surface area contributed by atoms with Crippen LogP contribution in [0.5, 0.6) is 5.75 Å². The van der Waals surface area contributed by atoms with Crippen molar-refractivity contribution in [3.05, 3.63) is 64.5 Å². The Morgan fingerprint density at radius 3 is 2.09 bits per heavy atom. The maximum absolute atomic E-state index is 13.9. The predicted octanol–water partition coefficient (Wildman–Crippen LogP) is 3.12. The number of rotatable bonds is 3. The smallest absolute Gasteiger partial charge is 0.416 e. The molecule has 0 fully saturated rings. The van der Waals surface area contributed by atoms with Crippen molar-refractivity contribution in [1.29, 1.82) is 0 Å². The molecule has 1 unspecified atom stereocenters. The molecule has 0 aliphatic rings. The van der Waals surface area contributed by atoms with E-state index < -0.39 is 41.6 Å². The van der Waals surface area contributed by atoms with Gasteiger partial charge in [-0.1, -0.05) is 12.1 Å². The summed E-state index contributed by atoms with van der Waals surface area (Å²) in [5, 5.41) is 28.7. The Morgan fingerprint density at radius 2 is 1.64 bits per heavy atom. The average Bonchev–Trinajstić information content (AvgIpc) is 2.45. The van der Waals surface area contributed by atoms with E-state index in [4.69, 9.17) is 5.11 Å². The van der Waals surface area contributed by atoms with Crippen molar-refractivity contribution in [2.45, 2.75) is 18.9 Å². The van der Waals surface area contributed by atoms with E-state index in [9.17, 15) is 27.8 Å². The number of phenolic OH excluding ortho intramolecular Hbond substituents is 1. The molecule has 3 nitrogen and oxygen atoms in total. The maximum atomic E-state index is 13.9. The van der Waals surface area contributed by atoms with Gasteiger partial charge in [0.2, 0.25) is 0 Å². The van der Waals surface area contributed by atoms with Gasteiger partial charge in [0.1, 0.15) is 17.7 Å². The largest absolute Gasteiger partial charge is 0.507 e. The number of hydrogen-bond acceptors (Lipinski definition) is 3. The summed E-state index contributed by atoms with van der Waals surface area (Å²) in [5.41, 5.74) is -1.25. The SMILES string of the molecule is OCc1cc(O)c(C(O)c2ccc(C(F)(F)F)cc2)c(F)c1. The van der Waals surface area contributed by atoms with Crippen LogP contribution in [-0.4, -0.2) is 15.3 Å². The van der Waals surface area contributed by atoms with E-state index in [1.54, 1.807) is 0 Å². The molecule has 0 aliphatic heterocycles. The predicted molar refractivity (Wildman–Crippen MR) is 69.5 cm³/mol. The molecule has 2 aromatic rings. The van der Waals surface area contributed by atoms with Gasteiger partial charge in [-0.3, -0.25) is 0 Å². The second-order valence-electron chi connectivity index (χ2n) is 4.69. The third-order valence-corrected chi connectivity index (χ3v) is 3.18. The molecule has 7 heteroatoms. The van der Waals surface area contributed by atoms with E-state index in [0.29, 0.717) is 0 Å². The highest BCUT2D eigenvalue weighted by Gasteiger charge is 2.30. The monoisotopic (exact) mass is 316 g/mol. The molecule has 0 saturated carbocycles. The van der Waals surface area contributed by atoms with Crippen molar-refractivity contribution in [1.82, 2.24) is 0 Å². The van der Waals surface area contributed by atoms with Gasteiger partial charge in [0.05, 0.1) is 17.7 Å². The summed E-state index contributed by atoms with van der Waals surface area (Å²) < 4.78 is 51.3. The third-order valence-electron chi connectivity index (χ3n) is 3.18. The first-order valence-corrected chi connectivity index (χ1v) is 6.21. The summed E-state index contributed by atoms with van der Waals surface area (Å²) in [6, 6.07) is 5.54. The number of aliphatic hydroxyl groups excluding tert-OH is 2. The Balaban J connectivity index is 2.38. The molecule has 0 radical (unpaired) electrons. The van der Waals surface area contributed by atoms with Crippen LogP contribution in [0.3, 0.4) is 0 Å². The minimum Gasteiger partial charge on any atom is -0.507 e. The van der Waals surface area contributed by atoms with Crippen molar-refractivity contribution in [3.63, 3.8) is 0 Å². The van der Waals surface area contributed by atoms with Gasteiger partial charge in [-0.05, 0) is 35.4 Å². The number of aromatic hydroxyl groups is 1. The lowest BCUT2D eigenvalue weighted by Gasteiger charge is -2.16. The Kier molecular flexibility index (Phi) is 4.39. The zero-order valence-corrected chi connectivity index (χ0v) is 11.1. The molecular formula is C15H12F4O3. The Hall–Kier alpha value is -2.12. The standard InChI is InChI=1S/C15H12F4O3/c16-11-5-8(7-20)6-12(21)13(11)14(22)9-1-3-10(4-2-9)15(17,18)19/h1-6,14,20-22H,7H2. The van der Waals surface area contributed by atoms with Crippen LogP contribution in [0.4, 0.5) is 17.6 Å². The molecule has 0 aromatic heterocycles. The van der Waals surface area contributed by atoms with Crippen LogP contribution in [-0.2, 0) is 12.8 Å². The molecule has 0 aliphatic carbocycles. The van der Waals surface area contributed by atoms with Crippen LogP contribution in [0, 0.1) is 5.82 Å². The van der Waals surface area contributed by atoms with E-state index >= 15 is 0 Å². The molecule has 0 heterocycles. The number of phenols is 1. The normalized spacial score (nSPS) is 13.2. The lowest BCUT2D eigenvalue weighted by Crippen LogP contribution is -2.07. The molecule has 0 saturated heterocycles. The highest BCUT2D eigenvalue weighted by molar-refractivity contribution is 5.43. The fourth-order valence-corrected chi connectivity index (χ4v) is 2.04. The van der Waals surface area contributed by atoms with E-state index in [1.807, 2.05) is 0 Å². The summed E-state index contributed by atoms with van der Waals surface area (Å²) in [5.74, 6) is -1.55. The second-order valence-corrected chi connectivity index (χ2v) is 4.69. The van der Waals surface area contributed by atoms with Gasteiger partial charge in [0.15, 0.2) is 0 Å². The van der Waals surface area contributed by atoms with Crippen molar-refractivity contribution < 1.29 is 32.9 Å². The first-order valence-electron chi connectivity index (χ1n) is 6.21. The van der Waals surface area contributed by atoms with Crippen molar-refractivity contribution in [2.24, 2.45) is 0 Å². The number of benzene rings is 2. The summed E-state index contributed by atoms with van der Waals surface area (Å²) in [6.45, 7) is -0.499. The van der Waals surface area contributed by atoms with Gasteiger partial charge in [-0.15, -0.1) is 0 Å². The molecule has 0 spiro atoms. The summed E-state index contributed by atoms with van der Waals surface area (Å²) in [6.07, 6.45) is -6.14. The van der Waals surface area contributed by atoms with Crippen molar-refractivity contribution in [2.75, 3.05) is 0 Å². The van der Waals surface area contributed by atoms with E-state index in [1.165, 1.54) is 0 Å². The molecular weight excluding hydrogens is 304 g/mol. The summed E-state index contributed by atoms with van der Waals surface area (Å²) in [4.78, 5) is 0. The quantitative estimate of drug-likeness (QED) is 0.763. The van der Waals surface area contributed by atoms with Gasteiger partial charge in [0.25, 0.3) is 0 Å². The molecule has 0 amide bonds. The molecule has 1 atom stereocenters. The van der Waals surface area contributed by atoms with Crippen LogP contribution >= 0.6 is 0 Å². The number of aliphatic hydroxyl groups is 2. The molecule has 22 heavy (non-hydrogen) atoms. The fraction of sp³-hybridized carbons (Fsp3) is 0.200. The molecule has 2 rings (SSSR count). The fourth-order valence-electron chi connectivity index (χ4n) is 2.04. The first kappa shape index (κ1) is 16.3. The highest BCUT2D eigenvalue weighted by atomic mass is 19.4. The number of alkyl halides is 3. The van der Waals surface area contributed by atoms with Crippen molar-refractivity contribution >= 4 is 0 Å². The van der Waals surface area contributed by atoms with Crippen LogP contribution in [0.25, 0.3) is 0 Å². The Bertz CT molecular complexity index is 642. The lowest BCUT2D eigenvalue weighted by atomic mass is 9.97. The molecule has 3 N–H and O–H groups in total. The van der Waals surface area contributed by atoms with Gasteiger partial charge in [0, 0.05) is 0 Å². The van der Waals surface area contributed by atoms with Crippen LogP contribution in [0.1, 0.15) is 28.4 Å². The highest BCUT2D eigenvalue weighted by Crippen LogP contribution is 2.34. The summed E-state index contributed by atoms with van der Waals surface area (Å²) in [7, 11) is 0. The Morgan fingerprint density at radius 1 is 1.05 bits per heavy atom. The zero-order valence-electron chi connectivity index (χ0n) is 11.1. The molecule has 118 valence electrons. The molecule has 0 bridgehead atoms. The number of halogens is 4. The average molecular weight is 316 g/mol. The number of hydrogen-bond donors (Lipinski definition) is 3. The Labute approximate surface area is 123 Å². The topological polar surface area (TPSA) is 60.7 Å². The van der Waals surface area contributed by atoms with Gasteiger partial charge < -0.3 is 15.3 Å². The minimum absolute atomic E-state index is 0.000974. The van der Waals surface area contributed by atoms with Crippen LogP contribution in [0.15, 0.2) is 36.4 Å². The van der Waals surface area contributed by atoms with Crippen molar-refractivity contribution in [3.8, 4) is 5.75 Å². The first-order chi connectivity index (χ1) is 10.2. The van der Waals surface area contributed by atoms with Gasteiger partial charge in [-0.25, -0.2) is 4.39 Å². The maximum Gasteiger partial charge on any atom is 0.416 e. The molecule has 2 aromatic carbocycles. The lowest BCUT2D eigenvalue weighted by molar-refractivity contribution is -0.137. The summed E-state index contributed by atoms with van der Waals surface area (Å²) >= 11 is 0. The van der Waals surface area contributed by atoms with Crippen LogP contribution in [0.2, 0.25) is 0 Å². The van der Waals surface area contributed by atoms with Crippen LogP contribution < -0.4 is 0 Å². The third kappa shape index (κ3) is 3.20. The zero-order chi connectivity index (χ0) is 16.5. The van der Waals surface area contributed by atoms with Gasteiger partial charge in [-0.2, -0.15) is 13.2 Å². The van der Waals surface area contributed by atoms with Gasteiger partial charge >= 0.3 is 6.18 Å². The second kappa shape index (κ2) is 5.94. The van der Waals surface area contributed by atoms with E-state index in [-0.39, 0.29) is 11.1 Å². The van der Waals surface area contributed by atoms with E-state index in [2.05, 4.69) is 0 Å². The van der Waals surface area contributed by atoms with E-state index in [0.717, 1.165) is 36.4 Å².